The summed E-state index contributed by atoms with van der Waals surface area (Å²) in [6.45, 7) is 2.58. The summed E-state index contributed by atoms with van der Waals surface area (Å²) in [5.74, 6) is -1.45. The SMILES string of the molecule is CCOc1ccc(Cn2cc(C(=O)NC3CC3)c(=O)c3c(F)ccc(F)c32)cc1. The highest BCUT2D eigenvalue weighted by Gasteiger charge is 2.26. The van der Waals surface area contributed by atoms with E-state index in [1.807, 2.05) is 6.92 Å². The highest BCUT2D eigenvalue weighted by atomic mass is 19.1. The van der Waals surface area contributed by atoms with Gasteiger partial charge < -0.3 is 14.6 Å². The van der Waals surface area contributed by atoms with Crippen molar-refractivity contribution in [2.45, 2.75) is 32.4 Å². The number of nitrogens with one attached hydrogen (secondary N) is 1. The van der Waals surface area contributed by atoms with Gasteiger partial charge in [-0.2, -0.15) is 0 Å². The zero-order valence-electron chi connectivity index (χ0n) is 15.9. The van der Waals surface area contributed by atoms with E-state index in [1.54, 1.807) is 24.3 Å². The molecule has 0 unspecified atom stereocenters. The molecule has 1 aliphatic rings. The molecule has 3 aromatic rings. The number of hydrogen-bond acceptors (Lipinski definition) is 3. The number of carbonyl (C=O) groups excluding carboxylic acids is 1. The Morgan fingerprint density at radius 2 is 1.83 bits per heavy atom. The Kier molecular flexibility index (Phi) is 5.05. The number of rotatable bonds is 6. The van der Waals surface area contributed by atoms with Gasteiger partial charge in [-0.15, -0.1) is 0 Å². The molecular weight excluding hydrogens is 378 g/mol. The predicted molar refractivity (Wildman–Crippen MR) is 105 cm³/mol. The summed E-state index contributed by atoms with van der Waals surface area (Å²) in [6, 6.07) is 9.09. The minimum absolute atomic E-state index is 0.0366. The zero-order chi connectivity index (χ0) is 20.5. The fraction of sp³-hybridized carbons (Fsp3) is 0.273. The molecule has 0 spiro atoms. The highest BCUT2D eigenvalue weighted by molar-refractivity contribution is 5.97. The number of pyridine rings is 1. The van der Waals surface area contributed by atoms with Crippen LogP contribution in [-0.2, 0) is 6.54 Å². The summed E-state index contributed by atoms with van der Waals surface area (Å²) in [5.41, 5.74) is -0.375. The smallest absolute Gasteiger partial charge is 0.256 e. The number of carbonyl (C=O) groups is 1. The molecule has 1 heterocycles. The second-order valence-electron chi connectivity index (χ2n) is 7.08. The fourth-order valence-corrected chi connectivity index (χ4v) is 3.28. The zero-order valence-corrected chi connectivity index (χ0v) is 15.9. The molecule has 0 aliphatic heterocycles. The van der Waals surface area contributed by atoms with Crippen LogP contribution < -0.4 is 15.5 Å². The third-order valence-corrected chi connectivity index (χ3v) is 4.87. The molecule has 1 aliphatic carbocycles. The van der Waals surface area contributed by atoms with Crippen molar-refractivity contribution in [2.24, 2.45) is 0 Å². The summed E-state index contributed by atoms with van der Waals surface area (Å²) in [4.78, 5) is 25.3. The Morgan fingerprint density at radius 3 is 2.48 bits per heavy atom. The van der Waals surface area contributed by atoms with Gasteiger partial charge in [-0.1, -0.05) is 12.1 Å². The average molecular weight is 398 g/mol. The number of amides is 1. The van der Waals surface area contributed by atoms with Crippen LogP contribution in [0.3, 0.4) is 0 Å². The van der Waals surface area contributed by atoms with Crippen LogP contribution in [0.15, 0.2) is 47.4 Å². The Balaban J connectivity index is 1.82. The van der Waals surface area contributed by atoms with Crippen LogP contribution >= 0.6 is 0 Å². The topological polar surface area (TPSA) is 60.3 Å². The lowest BCUT2D eigenvalue weighted by molar-refractivity contribution is 0.0949. The molecule has 0 atom stereocenters. The van der Waals surface area contributed by atoms with E-state index in [4.69, 9.17) is 4.74 Å². The van der Waals surface area contributed by atoms with Gasteiger partial charge in [0.05, 0.1) is 17.5 Å². The molecule has 0 saturated heterocycles. The van der Waals surface area contributed by atoms with Crippen molar-refractivity contribution in [1.29, 1.82) is 0 Å². The third-order valence-electron chi connectivity index (χ3n) is 4.87. The molecule has 0 bridgehead atoms. The van der Waals surface area contributed by atoms with Gasteiger partial charge in [0.1, 0.15) is 22.9 Å². The van der Waals surface area contributed by atoms with Gasteiger partial charge in [-0.25, -0.2) is 8.78 Å². The molecule has 29 heavy (non-hydrogen) atoms. The first-order valence-electron chi connectivity index (χ1n) is 9.51. The van der Waals surface area contributed by atoms with Crippen LogP contribution in [-0.4, -0.2) is 23.1 Å². The van der Waals surface area contributed by atoms with E-state index >= 15 is 0 Å². The molecule has 5 nitrogen and oxygen atoms in total. The maximum absolute atomic E-state index is 14.6. The number of benzene rings is 2. The van der Waals surface area contributed by atoms with Crippen LogP contribution in [0.2, 0.25) is 0 Å². The van der Waals surface area contributed by atoms with Gasteiger partial charge in [0.2, 0.25) is 5.43 Å². The Hall–Kier alpha value is -3.22. The average Bonchev–Trinajstić information content (AvgIpc) is 3.51. The summed E-state index contributed by atoms with van der Waals surface area (Å²) in [5, 5.41) is 2.32. The molecule has 1 amide bonds. The van der Waals surface area contributed by atoms with Crippen molar-refractivity contribution in [3.05, 3.63) is 75.6 Å². The Morgan fingerprint density at radius 1 is 1.14 bits per heavy atom. The van der Waals surface area contributed by atoms with Crippen LogP contribution in [0, 0.1) is 11.6 Å². The summed E-state index contributed by atoms with van der Waals surface area (Å²) < 4.78 is 35.9. The molecule has 150 valence electrons. The number of ether oxygens (including phenoxy) is 1. The van der Waals surface area contributed by atoms with E-state index < -0.39 is 28.4 Å². The standard InChI is InChI=1S/C22H20F2N2O3/c1-2-29-15-7-3-13(4-8-15)11-26-12-16(22(28)25-14-5-6-14)21(27)19-17(23)9-10-18(24)20(19)26/h3-4,7-10,12,14H,2,5-6,11H2,1H3,(H,25,28). The Labute approximate surface area is 165 Å². The molecule has 4 rings (SSSR count). The lowest BCUT2D eigenvalue weighted by Crippen LogP contribution is -2.31. The second kappa shape index (κ2) is 7.66. The van der Waals surface area contributed by atoms with E-state index in [0.29, 0.717) is 12.4 Å². The number of nitrogens with zero attached hydrogens (tertiary/aromatic N) is 1. The largest absolute Gasteiger partial charge is 0.494 e. The highest BCUT2D eigenvalue weighted by Crippen LogP contribution is 2.23. The maximum atomic E-state index is 14.6. The van der Waals surface area contributed by atoms with E-state index in [0.717, 1.165) is 30.5 Å². The van der Waals surface area contributed by atoms with Crippen LogP contribution in [0.5, 0.6) is 5.75 Å². The van der Waals surface area contributed by atoms with Crippen molar-refractivity contribution in [3.8, 4) is 5.75 Å². The number of aromatic nitrogens is 1. The quantitative estimate of drug-likeness (QED) is 0.690. The van der Waals surface area contributed by atoms with E-state index in [1.165, 1.54) is 10.8 Å². The first kappa shape index (κ1) is 19.1. The predicted octanol–water partition coefficient (Wildman–Crippen LogP) is 3.62. The number of halogens is 2. The van der Waals surface area contributed by atoms with Gasteiger partial charge in [-0.05, 0) is 49.6 Å². The van der Waals surface area contributed by atoms with Crippen LogP contribution in [0.1, 0.15) is 35.7 Å². The first-order valence-corrected chi connectivity index (χ1v) is 9.51. The van der Waals surface area contributed by atoms with Crippen molar-refractivity contribution in [2.75, 3.05) is 6.61 Å². The first-order chi connectivity index (χ1) is 14.0. The van der Waals surface area contributed by atoms with Crippen molar-refractivity contribution < 1.29 is 18.3 Å². The summed E-state index contributed by atoms with van der Waals surface area (Å²) in [6.07, 6.45) is 3.01. The summed E-state index contributed by atoms with van der Waals surface area (Å²) >= 11 is 0. The molecule has 7 heteroatoms. The lowest BCUT2D eigenvalue weighted by Gasteiger charge is -2.15. The van der Waals surface area contributed by atoms with E-state index in [2.05, 4.69) is 5.32 Å². The monoisotopic (exact) mass is 398 g/mol. The number of fused-ring (bicyclic) bond motifs is 1. The van der Waals surface area contributed by atoms with Crippen LogP contribution in [0.25, 0.3) is 10.9 Å². The van der Waals surface area contributed by atoms with Crippen molar-refractivity contribution >= 4 is 16.8 Å². The minimum atomic E-state index is -0.854. The maximum Gasteiger partial charge on any atom is 0.256 e. The fourth-order valence-electron chi connectivity index (χ4n) is 3.28. The van der Waals surface area contributed by atoms with Gasteiger partial charge in [-0.3, -0.25) is 9.59 Å². The van der Waals surface area contributed by atoms with Crippen LogP contribution in [0.4, 0.5) is 8.78 Å². The van der Waals surface area contributed by atoms with E-state index in [9.17, 15) is 18.4 Å². The molecule has 1 fully saturated rings. The number of hydrogen-bond donors (Lipinski definition) is 1. The third kappa shape index (κ3) is 3.85. The van der Waals surface area contributed by atoms with Gasteiger partial charge in [0, 0.05) is 18.8 Å². The van der Waals surface area contributed by atoms with Gasteiger partial charge in [0.25, 0.3) is 5.91 Å². The molecule has 2 aromatic carbocycles. The van der Waals surface area contributed by atoms with Crippen molar-refractivity contribution in [3.63, 3.8) is 0 Å². The lowest BCUT2D eigenvalue weighted by atomic mass is 10.1. The molecule has 1 aromatic heterocycles. The van der Waals surface area contributed by atoms with Gasteiger partial charge >= 0.3 is 0 Å². The van der Waals surface area contributed by atoms with Crippen molar-refractivity contribution in [1.82, 2.24) is 9.88 Å². The van der Waals surface area contributed by atoms with Gasteiger partial charge in [0.15, 0.2) is 0 Å². The molecule has 0 radical (unpaired) electrons. The molecule has 1 saturated carbocycles. The summed E-state index contributed by atoms with van der Waals surface area (Å²) in [7, 11) is 0. The Bertz CT molecular complexity index is 1140. The molecular formula is C22H20F2N2O3. The minimum Gasteiger partial charge on any atom is -0.494 e. The normalized spacial score (nSPS) is 13.5. The second-order valence-corrected chi connectivity index (χ2v) is 7.08. The molecule has 1 N–H and O–H groups in total. The van der Waals surface area contributed by atoms with E-state index in [-0.39, 0.29) is 23.7 Å².